The zero-order chi connectivity index (χ0) is 25.8. The molecule has 0 atom stereocenters. The molecule has 2 aromatic rings. The predicted octanol–water partition coefficient (Wildman–Crippen LogP) is 6.10. The van der Waals surface area contributed by atoms with Crippen LogP contribution in [-0.4, -0.2) is 40.0 Å². The van der Waals surface area contributed by atoms with Crippen LogP contribution in [0.4, 0.5) is 11.8 Å². The van der Waals surface area contributed by atoms with Crippen molar-refractivity contribution in [1.82, 2.24) is 20.2 Å². The normalized spacial score (nSPS) is 13.8. The van der Waals surface area contributed by atoms with Gasteiger partial charge in [-0.25, -0.2) is 4.98 Å². The van der Waals surface area contributed by atoms with Gasteiger partial charge in [0.15, 0.2) is 0 Å². The number of nitrogens with two attached hydrogens (primary N) is 1. The van der Waals surface area contributed by atoms with Crippen molar-refractivity contribution in [1.29, 1.82) is 0 Å². The Morgan fingerprint density at radius 3 is 2.25 bits per heavy atom. The molecule has 0 unspecified atom stereocenters. The van der Waals surface area contributed by atoms with Gasteiger partial charge < -0.3 is 16.4 Å². The molecule has 200 valence electrons. The van der Waals surface area contributed by atoms with Gasteiger partial charge in [-0.3, -0.25) is 4.90 Å². The maximum absolute atomic E-state index is 6.15. The van der Waals surface area contributed by atoms with E-state index in [1.54, 1.807) is 0 Å². The topological polar surface area (TPSA) is 79.1 Å². The number of rotatable bonds is 16. The fourth-order valence-electron chi connectivity index (χ4n) is 5.00. The van der Waals surface area contributed by atoms with E-state index in [0.717, 1.165) is 82.8 Å². The van der Waals surface area contributed by atoms with E-state index in [9.17, 15) is 0 Å². The van der Waals surface area contributed by atoms with Gasteiger partial charge in [-0.05, 0) is 83.5 Å². The summed E-state index contributed by atoms with van der Waals surface area (Å²) < 4.78 is 0. The van der Waals surface area contributed by atoms with E-state index in [1.807, 2.05) is 0 Å². The van der Waals surface area contributed by atoms with E-state index in [1.165, 1.54) is 42.4 Å². The van der Waals surface area contributed by atoms with Crippen LogP contribution in [0.1, 0.15) is 101 Å². The molecule has 1 aliphatic rings. The molecule has 1 aromatic heterocycles. The zero-order valence-corrected chi connectivity index (χ0v) is 23.3. The van der Waals surface area contributed by atoms with Gasteiger partial charge in [-0.1, -0.05) is 56.9 Å². The predicted molar refractivity (Wildman–Crippen MR) is 153 cm³/mol. The number of aryl methyl sites for hydroxylation is 1. The maximum atomic E-state index is 6.15. The van der Waals surface area contributed by atoms with Gasteiger partial charge in [0, 0.05) is 30.7 Å². The van der Waals surface area contributed by atoms with E-state index < -0.39 is 0 Å². The summed E-state index contributed by atoms with van der Waals surface area (Å²) in [6, 6.07) is 8.82. The highest BCUT2D eigenvalue weighted by Gasteiger charge is 2.19. The molecule has 0 fully saturated rings. The molecule has 3 rings (SSSR count). The van der Waals surface area contributed by atoms with Crippen LogP contribution in [0.25, 0.3) is 0 Å². The average Bonchev–Trinajstić information content (AvgIpc) is 3.24. The van der Waals surface area contributed by atoms with Gasteiger partial charge in [0.05, 0.1) is 5.69 Å². The van der Waals surface area contributed by atoms with Crippen LogP contribution >= 0.6 is 0 Å². The molecule has 1 aliphatic heterocycles. The maximum Gasteiger partial charge on any atom is 0.222 e. The number of nitrogens with zero attached hydrogens (tertiary/aromatic N) is 3. The number of aromatic nitrogens is 2. The minimum Gasteiger partial charge on any atom is -0.370 e. The van der Waals surface area contributed by atoms with Crippen LogP contribution in [0.15, 0.2) is 24.3 Å². The molecular formula is C30H50N6. The molecule has 0 radical (unpaired) electrons. The Labute approximate surface area is 219 Å². The van der Waals surface area contributed by atoms with E-state index in [2.05, 4.69) is 72.5 Å². The first-order valence-corrected chi connectivity index (χ1v) is 14.3. The largest absolute Gasteiger partial charge is 0.370 e. The Hall–Kier alpha value is -2.18. The minimum absolute atomic E-state index is 0.213. The Morgan fingerprint density at radius 2 is 1.56 bits per heavy atom. The molecule has 1 aromatic carbocycles. The third-order valence-electron chi connectivity index (χ3n) is 6.99. The van der Waals surface area contributed by atoms with Crippen molar-refractivity contribution in [2.75, 3.05) is 30.7 Å². The van der Waals surface area contributed by atoms with Crippen molar-refractivity contribution in [2.24, 2.45) is 0 Å². The fourth-order valence-corrected chi connectivity index (χ4v) is 5.00. The summed E-state index contributed by atoms with van der Waals surface area (Å²) in [5.74, 6) is 1.36. The monoisotopic (exact) mass is 494 g/mol. The summed E-state index contributed by atoms with van der Waals surface area (Å²) in [7, 11) is 0. The Morgan fingerprint density at radius 1 is 0.861 bits per heavy atom. The first kappa shape index (κ1) is 28.4. The van der Waals surface area contributed by atoms with Crippen molar-refractivity contribution in [3.05, 3.63) is 46.6 Å². The van der Waals surface area contributed by atoms with E-state index in [-0.39, 0.29) is 5.54 Å². The number of nitrogen functional groups attached to an aromatic ring is 1. The SMILES string of the molecule is CCCCNc1nc(N)nc(CCCCCCCNC(C)(C)C)c1CCCN1Cc2ccccc2C1. The molecule has 6 nitrogen and oxygen atoms in total. The second-order valence-corrected chi connectivity index (χ2v) is 11.4. The van der Waals surface area contributed by atoms with Crippen LogP contribution in [0.5, 0.6) is 0 Å². The third kappa shape index (κ3) is 9.70. The molecule has 2 heterocycles. The second-order valence-electron chi connectivity index (χ2n) is 11.4. The highest BCUT2D eigenvalue weighted by molar-refractivity contribution is 5.50. The first-order valence-electron chi connectivity index (χ1n) is 14.3. The fraction of sp³-hybridized carbons (Fsp3) is 0.667. The molecule has 0 aliphatic carbocycles. The van der Waals surface area contributed by atoms with Crippen molar-refractivity contribution in [3.63, 3.8) is 0 Å². The highest BCUT2D eigenvalue weighted by Crippen LogP contribution is 2.25. The summed E-state index contributed by atoms with van der Waals surface area (Å²) >= 11 is 0. The lowest BCUT2D eigenvalue weighted by Gasteiger charge is -2.20. The summed E-state index contributed by atoms with van der Waals surface area (Å²) in [5, 5.41) is 7.16. The number of fused-ring (bicyclic) bond motifs is 1. The molecule has 0 bridgehead atoms. The quantitative estimate of drug-likeness (QED) is 0.245. The lowest BCUT2D eigenvalue weighted by atomic mass is 10.0. The number of benzene rings is 1. The highest BCUT2D eigenvalue weighted by atomic mass is 15.1. The van der Waals surface area contributed by atoms with Gasteiger partial charge in [0.1, 0.15) is 5.82 Å². The van der Waals surface area contributed by atoms with Crippen molar-refractivity contribution in [3.8, 4) is 0 Å². The van der Waals surface area contributed by atoms with Crippen molar-refractivity contribution >= 4 is 11.8 Å². The minimum atomic E-state index is 0.213. The average molecular weight is 495 g/mol. The van der Waals surface area contributed by atoms with E-state index in [0.29, 0.717) is 5.95 Å². The van der Waals surface area contributed by atoms with E-state index in [4.69, 9.17) is 10.7 Å². The summed E-state index contributed by atoms with van der Waals surface area (Å²) in [6.45, 7) is 14.2. The lowest BCUT2D eigenvalue weighted by molar-refractivity contribution is 0.280. The number of unbranched alkanes of at least 4 members (excludes halogenated alkanes) is 5. The smallest absolute Gasteiger partial charge is 0.222 e. The zero-order valence-electron chi connectivity index (χ0n) is 23.3. The molecule has 0 spiro atoms. The van der Waals surface area contributed by atoms with Crippen molar-refractivity contribution < 1.29 is 0 Å². The number of hydrogen-bond acceptors (Lipinski definition) is 6. The number of anilines is 2. The molecule has 6 heteroatoms. The molecule has 36 heavy (non-hydrogen) atoms. The van der Waals surface area contributed by atoms with Gasteiger partial charge in [0.25, 0.3) is 0 Å². The van der Waals surface area contributed by atoms with E-state index >= 15 is 0 Å². The lowest BCUT2D eigenvalue weighted by Crippen LogP contribution is -2.36. The molecule has 0 saturated carbocycles. The summed E-state index contributed by atoms with van der Waals surface area (Å²) in [5.41, 5.74) is 11.8. The third-order valence-corrected chi connectivity index (χ3v) is 6.99. The van der Waals surface area contributed by atoms with Crippen molar-refractivity contribution in [2.45, 2.75) is 111 Å². The van der Waals surface area contributed by atoms with Crippen LogP contribution in [0.3, 0.4) is 0 Å². The van der Waals surface area contributed by atoms with Crippen LogP contribution in [0, 0.1) is 0 Å². The molecule has 4 N–H and O–H groups in total. The summed E-state index contributed by atoms with van der Waals surface area (Å²) in [4.78, 5) is 11.9. The van der Waals surface area contributed by atoms with Crippen LogP contribution in [-0.2, 0) is 25.9 Å². The molecular weight excluding hydrogens is 444 g/mol. The van der Waals surface area contributed by atoms with Gasteiger partial charge >= 0.3 is 0 Å². The second kappa shape index (κ2) is 14.5. The van der Waals surface area contributed by atoms with Crippen LogP contribution < -0.4 is 16.4 Å². The standard InChI is InChI=1S/C30H50N6/c1-5-6-19-32-28-26(17-14-21-36-22-24-15-11-12-16-25(24)23-36)27(34-29(31)35-28)18-10-8-7-9-13-20-33-30(2,3)4/h11-12,15-16,33H,5-10,13-14,17-23H2,1-4H3,(H3,31,32,34,35). The van der Waals surface area contributed by atoms with Gasteiger partial charge in [-0.2, -0.15) is 4.98 Å². The number of nitrogens with one attached hydrogen (secondary N) is 2. The number of hydrogen-bond donors (Lipinski definition) is 3. The van der Waals surface area contributed by atoms with Gasteiger partial charge in [0.2, 0.25) is 5.95 Å². The first-order chi connectivity index (χ1) is 17.4. The molecule has 0 amide bonds. The molecule has 0 saturated heterocycles. The Bertz CT molecular complexity index is 895. The Kier molecular flexibility index (Phi) is 11.5. The van der Waals surface area contributed by atoms with Crippen LogP contribution in [0.2, 0.25) is 0 Å². The summed E-state index contributed by atoms with van der Waals surface area (Å²) in [6.07, 6.45) is 11.6. The Balaban J connectivity index is 1.51. The van der Waals surface area contributed by atoms with Gasteiger partial charge in [-0.15, -0.1) is 0 Å².